The molecule has 8 nitrogen and oxygen atoms in total. The van der Waals surface area contributed by atoms with Crippen molar-refractivity contribution < 1.29 is 19.0 Å². The van der Waals surface area contributed by atoms with E-state index in [2.05, 4.69) is 0 Å². The van der Waals surface area contributed by atoms with Gasteiger partial charge in [-0.05, 0) is 43.3 Å². The van der Waals surface area contributed by atoms with Gasteiger partial charge in [-0.15, -0.1) is 22.7 Å². The van der Waals surface area contributed by atoms with E-state index in [1.54, 1.807) is 50.4 Å². The summed E-state index contributed by atoms with van der Waals surface area (Å²) in [7, 11) is 1.58. The van der Waals surface area contributed by atoms with Crippen LogP contribution in [0, 0.1) is 0 Å². The predicted molar refractivity (Wildman–Crippen MR) is 134 cm³/mol. The minimum Gasteiger partial charge on any atom is -0.497 e. The third kappa shape index (κ3) is 3.66. The smallest absolute Gasteiger partial charge is 0.350 e. The quantitative estimate of drug-likeness (QED) is 0.323. The molecule has 0 bridgehead atoms. The number of nitrogens with two attached hydrogens (primary N) is 1. The Balaban J connectivity index is 1.74. The van der Waals surface area contributed by atoms with Gasteiger partial charge in [0.15, 0.2) is 0 Å². The molecule has 5 aromatic rings. The van der Waals surface area contributed by atoms with Crippen LogP contribution in [0.4, 0.5) is 5.69 Å². The molecule has 34 heavy (non-hydrogen) atoms. The number of nitrogen functional groups attached to an aromatic ring is 1. The summed E-state index contributed by atoms with van der Waals surface area (Å²) < 4.78 is 19.0. The summed E-state index contributed by atoms with van der Waals surface area (Å²) in [6.07, 6.45) is 0. The van der Waals surface area contributed by atoms with Gasteiger partial charge in [0.2, 0.25) is 0 Å². The van der Waals surface area contributed by atoms with E-state index in [9.17, 15) is 9.59 Å². The zero-order chi connectivity index (χ0) is 23.8. The maximum Gasteiger partial charge on any atom is 0.350 e. The second-order valence-corrected chi connectivity index (χ2v) is 9.46. The lowest BCUT2D eigenvalue weighted by Gasteiger charge is -2.13. The molecule has 0 aliphatic rings. The van der Waals surface area contributed by atoms with Crippen LogP contribution >= 0.6 is 22.7 Å². The third-order valence-electron chi connectivity index (χ3n) is 5.10. The summed E-state index contributed by atoms with van der Waals surface area (Å²) in [6.45, 7) is 1.97. The molecule has 10 heteroatoms. The van der Waals surface area contributed by atoms with Crippen LogP contribution in [0.2, 0.25) is 0 Å². The largest absolute Gasteiger partial charge is 0.497 e. The van der Waals surface area contributed by atoms with Crippen LogP contribution in [0.25, 0.3) is 25.3 Å². The van der Waals surface area contributed by atoms with Crippen molar-refractivity contribution in [1.82, 2.24) is 9.55 Å². The van der Waals surface area contributed by atoms with Crippen molar-refractivity contribution in [1.29, 1.82) is 0 Å². The fourth-order valence-corrected chi connectivity index (χ4v) is 5.96. The number of para-hydroxylation sites is 1. The van der Waals surface area contributed by atoms with Crippen LogP contribution in [-0.4, -0.2) is 29.2 Å². The van der Waals surface area contributed by atoms with E-state index in [0.29, 0.717) is 37.7 Å². The fourth-order valence-electron chi connectivity index (χ4n) is 3.53. The van der Waals surface area contributed by atoms with Crippen LogP contribution in [-0.2, 0) is 4.74 Å². The van der Waals surface area contributed by atoms with E-state index in [1.165, 1.54) is 27.2 Å². The molecule has 0 amide bonds. The third-order valence-corrected chi connectivity index (χ3v) is 7.54. The second kappa shape index (κ2) is 8.81. The molecular formula is C24H19N3O5S2. The van der Waals surface area contributed by atoms with Crippen LogP contribution < -0.4 is 20.8 Å². The Hall–Kier alpha value is -3.89. The number of hydrogen-bond donors (Lipinski definition) is 1. The van der Waals surface area contributed by atoms with Gasteiger partial charge < -0.3 is 19.9 Å². The van der Waals surface area contributed by atoms with Gasteiger partial charge >= 0.3 is 12.0 Å². The van der Waals surface area contributed by atoms with Crippen molar-refractivity contribution in [2.45, 2.75) is 6.92 Å². The number of carbonyl (C=O) groups is 1. The second-order valence-electron chi connectivity index (χ2n) is 7.16. The van der Waals surface area contributed by atoms with Gasteiger partial charge in [-0.2, -0.15) is 4.98 Å². The summed E-state index contributed by atoms with van der Waals surface area (Å²) >= 11 is 2.45. The van der Waals surface area contributed by atoms with Crippen molar-refractivity contribution in [2.75, 3.05) is 19.5 Å². The van der Waals surface area contributed by atoms with E-state index in [4.69, 9.17) is 24.9 Å². The molecule has 0 spiro atoms. The molecule has 2 N–H and O–H groups in total. The Bertz CT molecular complexity index is 1570. The number of benzene rings is 2. The number of ether oxygens (including phenoxy) is 3. The highest BCUT2D eigenvalue weighted by Crippen LogP contribution is 2.43. The van der Waals surface area contributed by atoms with Gasteiger partial charge in [0, 0.05) is 0 Å². The van der Waals surface area contributed by atoms with Crippen molar-refractivity contribution >= 4 is 53.9 Å². The Morgan fingerprint density at radius 3 is 2.44 bits per heavy atom. The highest BCUT2D eigenvalue weighted by atomic mass is 32.2. The fraction of sp³-hybridized carbons (Fsp3) is 0.125. The molecule has 2 aromatic carbocycles. The number of fused-ring (bicyclic) bond motifs is 3. The number of anilines is 1. The number of rotatable bonds is 6. The molecule has 0 unspecified atom stereocenters. The number of nitrogens with zero attached hydrogens (tertiary/aromatic N) is 2. The van der Waals surface area contributed by atoms with E-state index in [-0.39, 0.29) is 23.9 Å². The maximum absolute atomic E-state index is 13.6. The Labute approximate surface area is 201 Å². The topological polar surface area (TPSA) is 106 Å². The van der Waals surface area contributed by atoms with Gasteiger partial charge in [-0.1, -0.05) is 18.2 Å². The molecule has 0 atom stereocenters. The standard InChI is InChI=1S/C24H19N3O5S2/c1-3-31-22(29)19-17(25)16-18-20(34-23(16)33-19)21(28)27(13-7-5-4-6-8-13)24(26-18)32-15-11-9-14(30-2)10-12-15/h4-12H,3,25H2,1-2H3. The Morgan fingerprint density at radius 1 is 1.06 bits per heavy atom. The molecule has 0 saturated heterocycles. The number of carbonyl (C=O) groups excluding carboxylic acids is 1. The number of hydrogen-bond acceptors (Lipinski definition) is 9. The molecule has 0 fully saturated rings. The van der Waals surface area contributed by atoms with Crippen LogP contribution in [0.5, 0.6) is 17.5 Å². The van der Waals surface area contributed by atoms with Gasteiger partial charge in [-0.3, -0.25) is 4.79 Å². The van der Waals surface area contributed by atoms with Gasteiger partial charge in [-0.25, -0.2) is 9.36 Å². The number of aromatic nitrogens is 2. The average molecular weight is 494 g/mol. The maximum atomic E-state index is 13.6. The lowest BCUT2D eigenvalue weighted by Crippen LogP contribution is -2.20. The van der Waals surface area contributed by atoms with Gasteiger partial charge in [0.05, 0.1) is 34.5 Å². The van der Waals surface area contributed by atoms with Crippen LogP contribution in [0.3, 0.4) is 0 Å². The molecule has 0 saturated carbocycles. The van der Waals surface area contributed by atoms with Gasteiger partial charge in [0.1, 0.15) is 26.6 Å². The molecule has 0 radical (unpaired) electrons. The molecule has 0 aliphatic carbocycles. The highest BCUT2D eigenvalue weighted by Gasteiger charge is 2.25. The minimum atomic E-state index is -0.492. The summed E-state index contributed by atoms with van der Waals surface area (Å²) in [5.41, 5.74) is 7.30. The summed E-state index contributed by atoms with van der Waals surface area (Å²) in [4.78, 5) is 31.0. The van der Waals surface area contributed by atoms with Crippen LogP contribution in [0.1, 0.15) is 16.6 Å². The molecule has 0 aliphatic heterocycles. The number of esters is 1. The first-order chi connectivity index (χ1) is 16.5. The normalized spacial score (nSPS) is 11.1. The zero-order valence-electron chi connectivity index (χ0n) is 18.2. The molecule has 3 aromatic heterocycles. The van der Waals surface area contributed by atoms with E-state index in [1.807, 2.05) is 18.2 Å². The van der Waals surface area contributed by atoms with Crippen molar-refractivity contribution in [3.05, 3.63) is 69.8 Å². The van der Waals surface area contributed by atoms with E-state index >= 15 is 0 Å². The van der Waals surface area contributed by atoms with Crippen molar-refractivity contribution in [2.24, 2.45) is 0 Å². The molecule has 172 valence electrons. The lowest BCUT2D eigenvalue weighted by atomic mass is 10.2. The predicted octanol–water partition coefficient (Wildman–Crippen LogP) is 5.22. The monoisotopic (exact) mass is 493 g/mol. The number of methoxy groups -OCH3 is 1. The highest BCUT2D eigenvalue weighted by molar-refractivity contribution is 7.42. The van der Waals surface area contributed by atoms with E-state index < -0.39 is 5.97 Å². The first-order valence-corrected chi connectivity index (χ1v) is 12.0. The summed E-state index contributed by atoms with van der Waals surface area (Å²) in [6, 6.07) is 16.2. The minimum absolute atomic E-state index is 0.0804. The molecule has 3 heterocycles. The van der Waals surface area contributed by atoms with Crippen LogP contribution in [0.15, 0.2) is 59.4 Å². The zero-order valence-corrected chi connectivity index (χ0v) is 19.9. The van der Waals surface area contributed by atoms with Crippen molar-refractivity contribution in [3.8, 4) is 23.2 Å². The summed E-state index contributed by atoms with van der Waals surface area (Å²) in [5, 5.41) is 0.560. The number of thiophene rings is 2. The SMILES string of the molecule is CCOC(=O)c1sc2sc3c(=O)n(-c4ccccc4)c(Oc4ccc(OC)cc4)nc3c2c1N. The first kappa shape index (κ1) is 21.9. The summed E-state index contributed by atoms with van der Waals surface area (Å²) in [5.74, 6) is 0.663. The Morgan fingerprint density at radius 2 is 1.76 bits per heavy atom. The Kier molecular flexibility index (Phi) is 5.68. The van der Waals surface area contributed by atoms with Crippen molar-refractivity contribution in [3.63, 3.8) is 0 Å². The van der Waals surface area contributed by atoms with E-state index in [0.717, 1.165) is 4.01 Å². The molecular weight excluding hydrogens is 474 g/mol. The first-order valence-electron chi connectivity index (χ1n) is 10.3. The lowest BCUT2D eigenvalue weighted by molar-refractivity contribution is 0.0533. The molecule has 5 rings (SSSR count). The van der Waals surface area contributed by atoms with Gasteiger partial charge in [0.25, 0.3) is 5.56 Å². The average Bonchev–Trinajstić information content (AvgIpc) is 3.37.